The molecule has 0 amide bonds. The van der Waals surface area contributed by atoms with Crippen LogP contribution in [0.2, 0.25) is 0 Å². The molecule has 0 aliphatic heterocycles. The van der Waals surface area contributed by atoms with E-state index in [-0.39, 0.29) is 5.41 Å². The number of ether oxygens (including phenoxy) is 1. The summed E-state index contributed by atoms with van der Waals surface area (Å²) in [6.45, 7) is 9.30. The first-order valence-corrected chi connectivity index (χ1v) is 6.82. The maximum absolute atomic E-state index is 5.13. The Balaban J connectivity index is 2.47. The quantitative estimate of drug-likeness (QED) is 0.848. The summed E-state index contributed by atoms with van der Waals surface area (Å²) < 4.78 is 5.13. The van der Waals surface area contributed by atoms with Gasteiger partial charge in [0.1, 0.15) is 6.33 Å². The Hall–Kier alpha value is -1.74. The molecule has 0 atom stereocenters. The Morgan fingerprint density at radius 1 is 1.05 bits per heavy atom. The van der Waals surface area contributed by atoms with Gasteiger partial charge in [0.25, 0.3) is 0 Å². The third kappa shape index (κ3) is 3.42. The second-order valence-corrected chi connectivity index (χ2v) is 6.17. The lowest BCUT2D eigenvalue weighted by Gasteiger charge is -2.20. The van der Waals surface area contributed by atoms with E-state index in [0.717, 1.165) is 17.0 Å². The van der Waals surface area contributed by atoms with Crippen LogP contribution in [0.5, 0.6) is 0 Å². The first-order chi connectivity index (χ1) is 9.40. The van der Waals surface area contributed by atoms with E-state index in [2.05, 4.69) is 55.9 Å². The van der Waals surface area contributed by atoms with Gasteiger partial charge >= 0.3 is 0 Å². The summed E-state index contributed by atoms with van der Waals surface area (Å²) >= 11 is 0. The maximum Gasteiger partial charge on any atom is 0.116 e. The van der Waals surface area contributed by atoms with Crippen LogP contribution < -0.4 is 0 Å². The van der Waals surface area contributed by atoms with E-state index in [1.54, 1.807) is 13.4 Å². The summed E-state index contributed by atoms with van der Waals surface area (Å²) in [4.78, 5) is 8.60. The van der Waals surface area contributed by atoms with Gasteiger partial charge in [-0.25, -0.2) is 9.97 Å². The molecule has 1 aromatic carbocycles. The van der Waals surface area contributed by atoms with E-state index in [4.69, 9.17) is 4.74 Å². The van der Waals surface area contributed by atoms with Crippen molar-refractivity contribution < 1.29 is 4.74 Å². The van der Waals surface area contributed by atoms with Gasteiger partial charge in [-0.05, 0) is 36.1 Å². The fourth-order valence-corrected chi connectivity index (χ4v) is 2.15. The number of hydrogen-bond acceptors (Lipinski definition) is 3. The number of benzene rings is 1. The average molecular weight is 270 g/mol. The number of aryl methyl sites for hydroxylation is 1. The zero-order valence-electron chi connectivity index (χ0n) is 12.9. The Labute approximate surface area is 121 Å². The minimum absolute atomic E-state index is 0.128. The molecule has 0 radical (unpaired) electrons. The number of hydrogen-bond donors (Lipinski definition) is 0. The van der Waals surface area contributed by atoms with Gasteiger partial charge in [0.05, 0.1) is 18.0 Å². The van der Waals surface area contributed by atoms with Crippen LogP contribution in [0.25, 0.3) is 11.3 Å². The van der Waals surface area contributed by atoms with Crippen LogP contribution in [0.1, 0.15) is 37.6 Å². The largest absolute Gasteiger partial charge is 0.378 e. The Morgan fingerprint density at radius 3 is 2.45 bits per heavy atom. The van der Waals surface area contributed by atoms with Crippen LogP contribution in [-0.2, 0) is 16.8 Å². The van der Waals surface area contributed by atoms with Crippen LogP contribution >= 0.6 is 0 Å². The number of aromatic nitrogens is 2. The highest BCUT2D eigenvalue weighted by molar-refractivity contribution is 5.62. The van der Waals surface area contributed by atoms with Gasteiger partial charge < -0.3 is 4.74 Å². The van der Waals surface area contributed by atoms with Crippen LogP contribution in [-0.4, -0.2) is 17.1 Å². The Kier molecular flexibility index (Phi) is 4.19. The topological polar surface area (TPSA) is 35.0 Å². The van der Waals surface area contributed by atoms with Gasteiger partial charge in [-0.15, -0.1) is 0 Å². The zero-order chi connectivity index (χ0) is 14.8. The van der Waals surface area contributed by atoms with E-state index in [9.17, 15) is 0 Å². The summed E-state index contributed by atoms with van der Waals surface area (Å²) in [5.41, 5.74) is 5.68. The lowest BCUT2D eigenvalue weighted by molar-refractivity contribution is 0.181. The van der Waals surface area contributed by atoms with Gasteiger partial charge in [-0.2, -0.15) is 0 Å². The molecule has 0 N–H and O–H groups in total. The molecule has 3 nitrogen and oxygen atoms in total. The molecule has 0 unspecified atom stereocenters. The highest BCUT2D eigenvalue weighted by Crippen LogP contribution is 2.28. The predicted octanol–water partition coefficient (Wildman–Crippen LogP) is 3.90. The molecule has 2 rings (SSSR count). The molecule has 0 aliphatic carbocycles. The van der Waals surface area contributed by atoms with E-state index in [1.807, 2.05) is 6.07 Å². The fraction of sp³-hybridized carbons (Fsp3) is 0.412. The lowest BCUT2D eigenvalue weighted by Crippen LogP contribution is -2.11. The van der Waals surface area contributed by atoms with Gasteiger partial charge in [0.15, 0.2) is 0 Å². The number of nitrogens with zero attached hydrogens (tertiary/aromatic N) is 2. The van der Waals surface area contributed by atoms with Gasteiger partial charge in [-0.3, -0.25) is 0 Å². The van der Waals surface area contributed by atoms with Crippen molar-refractivity contribution in [1.29, 1.82) is 0 Å². The third-order valence-electron chi connectivity index (χ3n) is 3.26. The van der Waals surface area contributed by atoms with E-state index in [0.29, 0.717) is 6.61 Å². The summed E-state index contributed by atoms with van der Waals surface area (Å²) in [7, 11) is 1.67. The van der Waals surface area contributed by atoms with Crippen LogP contribution in [0.15, 0.2) is 30.6 Å². The minimum Gasteiger partial charge on any atom is -0.378 e. The Bertz CT molecular complexity index is 600. The average Bonchev–Trinajstić information content (AvgIpc) is 2.38. The molecular weight excluding hydrogens is 248 g/mol. The molecule has 0 fully saturated rings. The summed E-state index contributed by atoms with van der Waals surface area (Å²) in [5.74, 6) is 0. The first kappa shape index (κ1) is 14.7. The maximum atomic E-state index is 5.13. The monoisotopic (exact) mass is 270 g/mol. The number of methoxy groups -OCH3 is 1. The highest BCUT2D eigenvalue weighted by Gasteiger charge is 2.15. The smallest absolute Gasteiger partial charge is 0.116 e. The van der Waals surface area contributed by atoms with E-state index >= 15 is 0 Å². The molecule has 106 valence electrons. The molecule has 0 bridgehead atoms. The zero-order valence-corrected chi connectivity index (χ0v) is 12.9. The Morgan fingerprint density at radius 2 is 1.80 bits per heavy atom. The van der Waals surface area contributed by atoms with E-state index < -0.39 is 0 Å². The SMILES string of the molecule is COCc1cc(-c2cc(C)cc(C(C)(C)C)c2)ncn1. The van der Waals surface area contributed by atoms with Crippen molar-refractivity contribution in [3.63, 3.8) is 0 Å². The molecule has 0 spiro atoms. The number of rotatable bonds is 3. The summed E-state index contributed by atoms with van der Waals surface area (Å²) in [6, 6.07) is 8.60. The second kappa shape index (κ2) is 5.71. The van der Waals surface area contributed by atoms with Crippen molar-refractivity contribution >= 4 is 0 Å². The van der Waals surface area contributed by atoms with Gasteiger partial charge in [0, 0.05) is 12.7 Å². The van der Waals surface area contributed by atoms with Crippen molar-refractivity contribution in [2.45, 2.75) is 39.7 Å². The van der Waals surface area contributed by atoms with Gasteiger partial charge in [0.2, 0.25) is 0 Å². The molecule has 2 aromatic rings. The molecule has 3 heteroatoms. The minimum atomic E-state index is 0.128. The molecule has 20 heavy (non-hydrogen) atoms. The van der Waals surface area contributed by atoms with Gasteiger partial charge in [-0.1, -0.05) is 32.4 Å². The molecule has 0 aliphatic rings. The molecule has 1 aromatic heterocycles. The molecule has 1 heterocycles. The molecular formula is C17H22N2O. The third-order valence-corrected chi connectivity index (χ3v) is 3.26. The summed E-state index contributed by atoms with van der Waals surface area (Å²) in [5, 5.41) is 0. The van der Waals surface area contributed by atoms with Crippen molar-refractivity contribution in [2.75, 3.05) is 7.11 Å². The highest BCUT2D eigenvalue weighted by atomic mass is 16.5. The second-order valence-electron chi connectivity index (χ2n) is 6.17. The normalized spacial score (nSPS) is 11.7. The van der Waals surface area contributed by atoms with Crippen LogP contribution in [0, 0.1) is 6.92 Å². The molecule has 0 saturated heterocycles. The van der Waals surface area contributed by atoms with Crippen molar-refractivity contribution in [2.24, 2.45) is 0 Å². The first-order valence-electron chi connectivity index (χ1n) is 6.82. The van der Waals surface area contributed by atoms with E-state index in [1.165, 1.54) is 11.1 Å². The van der Waals surface area contributed by atoms with Crippen molar-refractivity contribution in [1.82, 2.24) is 9.97 Å². The fourth-order valence-electron chi connectivity index (χ4n) is 2.15. The summed E-state index contributed by atoms with van der Waals surface area (Å²) in [6.07, 6.45) is 1.60. The van der Waals surface area contributed by atoms with Crippen molar-refractivity contribution in [3.05, 3.63) is 47.4 Å². The van der Waals surface area contributed by atoms with Crippen LogP contribution in [0.4, 0.5) is 0 Å². The lowest BCUT2D eigenvalue weighted by atomic mass is 9.85. The van der Waals surface area contributed by atoms with Crippen molar-refractivity contribution in [3.8, 4) is 11.3 Å². The van der Waals surface area contributed by atoms with Crippen LogP contribution in [0.3, 0.4) is 0 Å². The standard InChI is InChI=1S/C17H22N2O/c1-12-6-13(8-14(7-12)17(2,3)4)16-9-15(10-20-5)18-11-19-16/h6-9,11H,10H2,1-5H3. The molecule has 0 saturated carbocycles. The predicted molar refractivity (Wildman–Crippen MR) is 81.6 cm³/mol.